The van der Waals surface area contributed by atoms with Crippen LogP contribution in [0.25, 0.3) is 0 Å². The Morgan fingerprint density at radius 2 is 2.07 bits per heavy atom. The molecule has 1 fully saturated rings. The van der Waals surface area contributed by atoms with Gasteiger partial charge in [0.25, 0.3) is 0 Å². The van der Waals surface area contributed by atoms with E-state index in [0.717, 1.165) is 37.3 Å². The predicted molar refractivity (Wildman–Crippen MR) is 104 cm³/mol. The molecule has 0 atom stereocenters. The minimum atomic E-state index is -4.33. The van der Waals surface area contributed by atoms with E-state index < -0.39 is 11.7 Å². The van der Waals surface area contributed by atoms with Crippen molar-refractivity contribution < 1.29 is 17.7 Å². The molecule has 1 aromatic heterocycles. The van der Waals surface area contributed by atoms with Crippen molar-refractivity contribution in [1.82, 2.24) is 20.8 Å². The number of rotatable bonds is 7. The van der Waals surface area contributed by atoms with E-state index in [1.807, 2.05) is 0 Å². The molecule has 2 aromatic rings. The van der Waals surface area contributed by atoms with Gasteiger partial charge in [-0.1, -0.05) is 29.8 Å². The van der Waals surface area contributed by atoms with Crippen molar-refractivity contribution in [3.8, 4) is 0 Å². The molecule has 1 aromatic carbocycles. The third-order valence-corrected chi connectivity index (χ3v) is 5.36. The standard InChI is InChI=1S/C20H26F3N5O/c1-14-27-17(29-28-14)8-4-11-25-18(24-2)26-13-19(9-5-10-19)15-6-3-7-16(12-15)20(21,22)23/h3,6-7,12H,4-5,8-11,13H2,1-2H3,(H2,24,25,26). The molecule has 0 bridgehead atoms. The Labute approximate surface area is 168 Å². The van der Waals surface area contributed by atoms with Crippen LogP contribution in [0.5, 0.6) is 0 Å². The van der Waals surface area contributed by atoms with E-state index in [1.165, 1.54) is 12.1 Å². The first kappa shape index (κ1) is 21.1. The van der Waals surface area contributed by atoms with E-state index in [2.05, 4.69) is 25.8 Å². The summed E-state index contributed by atoms with van der Waals surface area (Å²) in [6, 6.07) is 5.68. The lowest BCUT2D eigenvalue weighted by atomic mass is 9.64. The Kier molecular flexibility index (Phi) is 6.44. The SMILES string of the molecule is CN=C(NCCCc1nc(C)no1)NCC1(c2cccc(C(F)(F)F)c2)CCC1. The molecule has 0 unspecified atom stereocenters. The molecule has 3 rings (SSSR count). The van der Waals surface area contributed by atoms with Crippen LogP contribution in [0.1, 0.15) is 48.5 Å². The number of alkyl halides is 3. The van der Waals surface area contributed by atoms with E-state index in [1.54, 1.807) is 20.0 Å². The molecular weight excluding hydrogens is 383 g/mol. The first-order valence-electron chi connectivity index (χ1n) is 9.74. The number of nitrogens with one attached hydrogen (secondary N) is 2. The maximum atomic E-state index is 13.1. The van der Waals surface area contributed by atoms with Gasteiger partial charge in [0.1, 0.15) is 0 Å². The number of aryl methyl sites for hydroxylation is 2. The van der Waals surface area contributed by atoms with Crippen molar-refractivity contribution in [2.45, 2.75) is 50.6 Å². The Hall–Kier alpha value is -2.58. The zero-order valence-corrected chi connectivity index (χ0v) is 16.6. The van der Waals surface area contributed by atoms with E-state index >= 15 is 0 Å². The summed E-state index contributed by atoms with van der Waals surface area (Å²) in [6.45, 7) is 2.98. The Bertz CT molecular complexity index is 843. The number of benzene rings is 1. The van der Waals surface area contributed by atoms with Crippen molar-refractivity contribution in [3.05, 3.63) is 47.1 Å². The number of aliphatic imine (C=N–C) groups is 1. The van der Waals surface area contributed by atoms with Gasteiger partial charge in [0.2, 0.25) is 5.89 Å². The van der Waals surface area contributed by atoms with E-state index in [0.29, 0.717) is 37.2 Å². The number of nitrogens with zero attached hydrogens (tertiary/aromatic N) is 3. The van der Waals surface area contributed by atoms with Crippen molar-refractivity contribution >= 4 is 5.96 Å². The van der Waals surface area contributed by atoms with Gasteiger partial charge in [-0.3, -0.25) is 4.99 Å². The molecule has 1 aliphatic rings. The van der Waals surface area contributed by atoms with Gasteiger partial charge in [0, 0.05) is 32.0 Å². The van der Waals surface area contributed by atoms with Gasteiger partial charge >= 0.3 is 6.18 Å². The van der Waals surface area contributed by atoms with Gasteiger partial charge < -0.3 is 15.2 Å². The van der Waals surface area contributed by atoms with Crippen LogP contribution in [0, 0.1) is 6.92 Å². The molecule has 0 spiro atoms. The number of aromatic nitrogens is 2. The second kappa shape index (κ2) is 8.84. The largest absolute Gasteiger partial charge is 0.416 e. The quantitative estimate of drug-likeness (QED) is 0.415. The molecule has 0 amide bonds. The molecule has 9 heteroatoms. The van der Waals surface area contributed by atoms with Crippen molar-refractivity contribution in [1.29, 1.82) is 0 Å². The van der Waals surface area contributed by atoms with Gasteiger partial charge in [0.05, 0.1) is 5.56 Å². The monoisotopic (exact) mass is 409 g/mol. The average molecular weight is 409 g/mol. The van der Waals surface area contributed by atoms with Crippen molar-refractivity contribution in [2.75, 3.05) is 20.1 Å². The lowest BCUT2D eigenvalue weighted by Gasteiger charge is -2.43. The van der Waals surface area contributed by atoms with Crippen LogP contribution >= 0.6 is 0 Å². The van der Waals surface area contributed by atoms with Gasteiger partial charge in [-0.05, 0) is 37.8 Å². The highest BCUT2D eigenvalue weighted by atomic mass is 19.4. The van der Waals surface area contributed by atoms with Crippen LogP contribution in [0.15, 0.2) is 33.8 Å². The Balaban J connectivity index is 1.53. The maximum Gasteiger partial charge on any atom is 0.416 e. The van der Waals surface area contributed by atoms with Gasteiger partial charge in [-0.15, -0.1) is 0 Å². The maximum absolute atomic E-state index is 13.1. The smallest absolute Gasteiger partial charge is 0.356 e. The van der Waals surface area contributed by atoms with Gasteiger partial charge in [-0.25, -0.2) is 0 Å². The summed E-state index contributed by atoms with van der Waals surface area (Å²) in [4.78, 5) is 8.37. The zero-order chi connectivity index (χ0) is 20.9. The van der Waals surface area contributed by atoms with Crippen LogP contribution in [0.4, 0.5) is 13.2 Å². The summed E-state index contributed by atoms with van der Waals surface area (Å²) >= 11 is 0. The summed E-state index contributed by atoms with van der Waals surface area (Å²) in [7, 11) is 1.68. The highest BCUT2D eigenvalue weighted by Crippen LogP contribution is 2.44. The summed E-state index contributed by atoms with van der Waals surface area (Å²) < 4.78 is 44.3. The molecule has 1 saturated carbocycles. The lowest BCUT2D eigenvalue weighted by Crippen LogP contribution is -2.49. The number of hydrogen-bond donors (Lipinski definition) is 2. The normalized spacial score (nSPS) is 16.4. The predicted octanol–water partition coefficient (Wildman–Crippen LogP) is 3.62. The Morgan fingerprint density at radius 3 is 2.66 bits per heavy atom. The topological polar surface area (TPSA) is 75.3 Å². The summed E-state index contributed by atoms with van der Waals surface area (Å²) in [5.41, 5.74) is -0.159. The van der Waals surface area contributed by atoms with Crippen LogP contribution in [0.3, 0.4) is 0 Å². The third-order valence-electron chi connectivity index (χ3n) is 5.36. The van der Waals surface area contributed by atoms with E-state index in [9.17, 15) is 13.2 Å². The first-order chi connectivity index (χ1) is 13.8. The van der Waals surface area contributed by atoms with Crippen molar-refractivity contribution in [3.63, 3.8) is 0 Å². The minimum Gasteiger partial charge on any atom is -0.356 e. The molecule has 6 nitrogen and oxygen atoms in total. The number of halogens is 3. The van der Waals surface area contributed by atoms with Gasteiger partial charge in [-0.2, -0.15) is 18.2 Å². The first-order valence-corrected chi connectivity index (χ1v) is 9.74. The lowest BCUT2D eigenvalue weighted by molar-refractivity contribution is -0.137. The van der Waals surface area contributed by atoms with Crippen molar-refractivity contribution in [2.24, 2.45) is 4.99 Å². The number of guanidine groups is 1. The second-order valence-electron chi connectivity index (χ2n) is 7.40. The van der Waals surface area contributed by atoms with Crippen LogP contribution < -0.4 is 10.6 Å². The molecule has 0 radical (unpaired) electrons. The molecule has 0 saturated heterocycles. The summed E-state index contributed by atoms with van der Waals surface area (Å²) in [6.07, 6.45) is -0.153. The third kappa shape index (κ3) is 5.27. The van der Waals surface area contributed by atoms with Crippen LogP contribution in [-0.4, -0.2) is 36.2 Å². The molecule has 2 N–H and O–H groups in total. The van der Waals surface area contributed by atoms with Crippen LogP contribution in [0.2, 0.25) is 0 Å². The molecule has 1 heterocycles. The van der Waals surface area contributed by atoms with E-state index in [-0.39, 0.29) is 5.41 Å². The fourth-order valence-corrected chi connectivity index (χ4v) is 3.56. The second-order valence-corrected chi connectivity index (χ2v) is 7.40. The Morgan fingerprint density at radius 1 is 1.28 bits per heavy atom. The molecular formula is C20H26F3N5O. The molecule has 158 valence electrons. The number of hydrogen-bond acceptors (Lipinski definition) is 4. The summed E-state index contributed by atoms with van der Waals surface area (Å²) in [5.74, 6) is 1.85. The summed E-state index contributed by atoms with van der Waals surface area (Å²) in [5, 5.41) is 10.3. The highest BCUT2D eigenvalue weighted by Gasteiger charge is 2.40. The molecule has 1 aliphatic carbocycles. The zero-order valence-electron chi connectivity index (χ0n) is 16.6. The fourth-order valence-electron chi connectivity index (χ4n) is 3.56. The molecule has 29 heavy (non-hydrogen) atoms. The van der Waals surface area contributed by atoms with E-state index in [4.69, 9.17) is 4.52 Å². The van der Waals surface area contributed by atoms with Crippen LogP contribution in [-0.2, 0) is 18.0 Å². The fraction of sp³-hybridized carbons (Fsp3) is 0.550. The highest BCUT2D eigenvalue weighted by molar-refractivity contribution is 5.79. The molecule has 0 aliphatic heterocycles. The minimum absolute atomic E-state index is 0.292. The average Bonchev–Trinajstić information content (AvgIpc) is 3.07. The van der Waals surface area contributed by atoms with Gasteiger partial charge in [0.15, 0.2) is 11.8 Å².